The maximum atomic E-state index is 11.2. The van der Waals surface area contributed by atoms with Gasteiger partial charge in [0.15, 0.2) is 0 Å². The molecular formula is C13H21N3O2S. The summed E-state index contributed by atoms with van der Waals surface area (Å²) in [7, 11) is -2.90. The number of rotatable bonds is 4. The van der Waals surface area contributed by atoms with Gasteiger partial charge in [-0.1, -0.05) is 13.8 Å². The maximum Gasteiger partial charge on any atom is 0.148 e. The molecule has 0 atom stereocenters. The summed E-state index contributed by atoms with van der Waals surface area (Å²) < 4.78 is 22.4. The summed E-state index contributed by atoms with van der Waals surface area (Å²) in [6.07, 6.45) is 4.10. The van der Waals surface area contributed by atoms with Crippen molar-refractivity contribution in [1.82, 2.24) is 14.9 Å². The van der Waals surface area contributed by atoms with Gasteiger partial charge in [0.25, 0.3) is 0 Å². The van der Waals surface area contributed by atoms with Gasteiger partial charge in [0.2, 0.25) is 0 Å². The summed E-state index contributed by atoms with van der Waals surface area (Å²) in [4.78, 5) is 11.1. The van der Waals surface area contributed by atoms with Crippen molar-refractivity contribution in [2.24, 2.45) is 0 Å². The Morgan fingerprint density at radius 3 is 2.79 bits per heavy atom. The lowest BCUT2D eigenvalue weighted by Crippen LogP contribution is -2.35. The molecule has 2 heterocycles. The first kappa shape index (κ1) is 14.4. The zero-order chi connectivity index (χ0) is 14.0. The Morgan fingerprint density at radius 1 is 1.42 bits per heavy atom. The minimum atomic E-state index is -2.90. The highest BCUT2D eigenvalue weighted by molar-refractivity contribution is 7.90. The molecule has 0 radical (unpaired) electrons. The number of nitrogens with zero attached hydrogens (tertiary/aromatic N) is 3. The fourth-order valence-corrected chi connectivity index (χ4v) is 2.73. The molecule has 0 saturated carbocycles. The van der Waals surface area contributed by atoms with Gasteiger partial charge in [-0.25, -0.2) is 18.4 Å². The predicted molar refractivity (Wildman–Crippen MR) is 74.8 cm³/mol. The third-order valence-electron chi connectivity index (χ3n) is 3.34. The van der Waals surface area contributed by atoms with Crippen LogP contribution in [-0.2, 0) is 22.8 Å². The smallest absolute Gasteiger partial charge is 0.148 e. The maximum absolute atomic E-state index is 11.2. The molecule has 106 valence electrons. The van der Waals surface area contributed by atoms with E-state index in [0.717, 1.165) is 31.0 Å². The molecule has 1 aromatic heterocycles. The molecule has 0 amide bonds. The summed E-state index contributed by atoms with van der Waals surface area (Å²) >= 11 is 0. The Hall–Kier alpha value is -1.01. The fourth-order valence-electron chi connectivity index (χ4n) is 2.14. The molecular weight excluding hydrogens is 262 g/mol. The van der Waals surface area contributed by atoms with Crippen molar-refractivity contribution >= 4 is 9.84 Å². The largest absolute Gasteiger partial charge is 0.296 e. The van der Waals surface area contributed by atoms with E-state index in [4.69, 9.17) is 0 Å². The first-order valence-corrected chi connectivity index (χ1v) is 8.66. The Kier molecular flexibility index (Phi) is 4.20. The first-order valence-electron chi connectivity index (χ1n) is 6.60. The standard InChI is InChI=1S/C13H21N3O2S/c1-10(2)13-14-8-11-4-5-16(9-12(11)15-13)6-7-19(3,17)18/h8,10H,4-7,9H2,1-3H3. The van der Waals surface area contributed by atoms with E-state index in [-0.39, 0.29) is 5.75 Å². The minimum Gasteiger partial charge on any atom is -0.296 e. The second kappa shape index (κ2) is 5.54. The van der Waals surface area contributed by atoms with Crippen LogP contribution < -0.4 is 0 Å². The predicted octanol–water partition coefficient (Wildman–Crippen LogP) is 1.00. The van der Waals surface area contributed by atoms with Crippen molar-refractivity contribution in [3.8, 4) is 0 Å². The van der Waals surface area contributed by atoms with E-state index in [0.29, 0.717) is 12.5 Å². The van der Waals surface area contributed by atoms with Crippen LogP contribution in [0.25, 0.3) is 0 Å². The van der Waals surface area contributed by atoms with Crippen molar-refractivity contribution in [3.05, 3.63) is 23.3 Å². The second-order valence-corrected chi connectivity index (χ2v) is 7.77. The highest BCUT2D eigenvalue weighted by Gasteiger charge is 2.19. The Morgan fingerprint density at radius 2 is 2.16 bits per heavy atom. The Bertz CT molecular complexity index is 555. The van der Waals surface area contributed by atoms with Gasteiger partial charge in [0.05, 0.1) is 11.4 Å². The average Bonchev–Trinajstić information content (AvgIpc) is 2.34. The Balaban J connectivity index is 2.07. The van der Waals surface area contributed by atoms with E-state index in [1.54, 1.807) is 0 Å². The zero-order valence-electron chi connectivity index (χ0n) is 11.8. The van der Waals surface area contributed by atoms with Gasteiger partial charge in [-0.2, -0.15) is 0 Å². The number of sulfone groups is 1. The van der Waals surface area contributed by atoms with Crippen LogP contribution in [0.5, 0.6) is 0 Å². The number of aromatic nitrogens is 2. The van der Waals surface area contributed by atoms with Crippen molar-refractivity contribution in [2.75, 3.05) is 25.1 Å². The SMILES string of the molecule is CC(C)c1ncc2c(n1)CN(CCS(C)(=O)=O)CC2. The number of hydrogen-bond acceptors (Lipinski definition) is 5. The van der Waals surface area contributed by atoms with Gasteiger partial charge in [-0.3, -0.25) is 4.90 Å². The van der Waals surface area contributed by atoms with Crippen LogP contribution in [0.2, 0.25) is 0 Å². The lowest BCUT2D eigenvalue weighted by molar-refractivity contribution is 0.263. The summed E-state index contributed by atoms with van der Waals surface area (Å²) in [6.45, 7) is 6.34. The molecule has 0 aliphatic carbocycles. The highest BCUT2D eigenvalue weighted by Crippen LogP contribution is 2.18. The minimum absolute atomic E-state index is 0.213. The van der Waals surface area contributed by atoms with Gasteiger partial charge in [0.1, 0.15) is 15.7 Å². The molecule has 2 rings (SSSR count). The third kappa shape index (κ3) is 3.98. The first-order chi connectivity index (χ1) is 8.85. The van der Waals surface area contributed by atoms with E-state index >= 15 is 0 Å². The third-order valence-corrected chi connectivity index (χ3v) is 4.26. The molecule has 0 aromatic carbocycles. The zero-order valence-corrected chi connectivity index (χ0v) is 12.6. The monoisotopic (exact) mass is 283 g/mol. The molecule has 0 spiro atoms. The van der Waals surface area contributed by atoms with Gasteiger partial charge < -0.3 is 0 Å². The molecule has 1 aliphatic heterocycles. The molecule has 19 heavy (non-hydrogen) atoms. The van der Waals surface area contributed by atoms with Crippen molar-refractivity contribution in [1.29, 1.82) is 0 Å². The number of hydrogen-bond donors (Lipinski definition) is 0. The van der Waals surface area contributed by atoms with Crippen LogP contribution in [0.1, 0.15) is 36.8 Å². The van der Waals surface area contributed by atoms with Crippen LogP contribution in [0.15, 0.2) is 6.20 Å². The van der Waals surface area contributed by atoms with Crippen LogP contribution in [0.3, 0.4) is 0 Å². The summed E-state index contributed by atoms with van der Waals surface area (Å²) in [5, 5.41) is 0. The summed E-state index contributed by atoms with van der Waals surface area (Å²) in [5.74, 6) is 1.39. The van der Waals surface area contributed by atoms with Crippen molar-refractivity contribution < 1.29 is 8.42 Å². The second-order valence-electron chi connectivity index (χ2n) is 5.51. The van der Waals surface area contributed by atoms with Gasteiger partial charge in [-0.15, -0.1) is 0 Å². The molecule has 0 bridgehead atoms. The molecule has 0 unspecified atom stereocenters. The molecule has 5 nitrogen and oxygen atoms in total. The van der Waals surface area contributed by atoms with Gasteiger partial charge in [-0.05, 0) is 12.0 Å². The lowest BCUT2D eigenvalue weighted by atomic mass is 10.1. The molecule has 1 aliphatic rings. The van der Waals surface area contributed by atoms with Crippen LogP contribution in [-0.4, -0.2) is 48.4 Å². The fraction of sp³-hybridized carbons (Fsp3) is 0.692. The summed E-state index contributed by atoms with van der Waals surface area (Å²) in [6, 6.07) is 0. The average molecular weight is 283 g/mol. The van der Waals surface area contributed by atoms with Gasteiger partial charge in [0, 0.05) is 38.0 Å². The van der Waals surface area contributed by atoms with Crippen LogP contribution in [0.4, 0.5) is 0 Å². The quantitative estimate of drug-likeness (QED) is 0.825. The van der Waals surface area contributed by atoms with Gasteiger partial charge >= 0.3 is 0 Å². The van der Waals surface area contributed by atoms with E-state index in [1.165, 1.54) is 11.8 Å². The van der Waals surface area contributed by atoms with Crippen LogP contribution >= 0.6 is 0 Å². The van der Waals surface area contributed by atoms with E-state index < -0.39 is 9.84 Å². The lowest BCUT2D eigenvalue weighted by Gasteiger charge is -2.27. The molecule has 0 saturated heterocycles. The molecule has 1 aromatic rings. The molecule has 0 fully saturated rings. The highest BCUT2D eigenvalue weighted by atomic mass is 32.2. The number of fused-ring (bicyclic) bond motifs is 1. The topological polar surface area (TPSA) is 63.2 Å². The normalized spacial score (nSPS) is 16.6. The van der Waals surface area contributed by atoms with Crippen LogP contribution in [0, 0.1) is 0 Å². The summed E-state index contributed by atoms with van der Waals surface area (Å²) in [5.41, 5.74) is 2.25. The van der Waals surface area contributed by atoms with E-state index in [1.807, 2.05) is 6.20 Å². The van der Waals surface area contributed by atoms with Crippen molar-refractivity contribution in [3.63, 3.8) is 0 Å². The molecule has 0 N–H and O–H groups in total. The van der Waals surface area contributed by atoms with E-state index in [2.05, 4.69) is 28.7 Å². The van der Waals surface area contributed by atoms with E-state index in [9.17, 15) is 8.42 Å². The van der Waals surface area contributed by atoms with Crippen molar-refractivity contribution in [2.45, 2.75) is 32.7 Å². The Labute approximate surface area is 115 Å². The molecule has 6 heteroatoms.